The van der Waals surface area contributed by atoms with Gasteiger partial charge in [-0.2, -0.15) is 0 Å². The van der Waals surface area contributed by atoms with E-state index in [1.54, 1.807) is 17.4 Å². The van der Waals surface area contributed by atoms with E-state index in [4.69, 9.17) is 0 Å². The van der Waals surface area contributed by atoms with E-state index in [2.05, 4.69) is 56.1 Å². The lowest BCUT2D eigenvalue weighted by Gasteiger charge is -2.18. The molecule has 0 unspecified atom stereocenters. The summed E-state index contributed by atoms with van der Waals surface area (Å²) in [6.07, 6.45) is 2.89. The van der Waals surface area contributed by atoms with E-state index in [1.807, 2.05) is 42.6 Å². The van der Waals surface area contributed by atoms with Crippen molar-refractivity contribution in [2.45, 2.75) is 27.2 Å². The topological polar surface area (TPSA) is 12.9 Å². The molecular formula is C28H24FNS. The first-order valence-corrected chi connectivity index (χ1v) is 11.4. The summed E-state index contributed by atoms with van der Waals surface area (Å²) in [6, 6.07) is 24.0. The van der Waals surface area contributed by atoms with Crippen LogP contribution in [-0.4, -0.2) is 4.98 Å². The maximum absolute atomic E-state index is 15.0. The number of rotatable bonds is 3. The molecule has 5 aromatic rings. The van der Waals surface area contributed by atoms with E-state index < -0.39 is 0 Å². The Labute approximate surface area is 186 Å². The van der Waals surface area contributed by atoms with Crippen LogP contribution in [0.25, 0.3) is 42.6 Å². The highest BCUT2D eigenvalue weighted by atomic mass is 32.1. The van der Waals surface area contributed by atoms with Crippen LogP contribution in [0.3, 0.4) is 0 Å². The first-order chi connectivity index (χ1) is 14.9. The summed E-state index contributed by atoms with van der Waals surface area (Å²) in [5, 5.41) is 2.07. The lowest BCUT2D eigenvalue weighted by molar-refractivity contribution is 0.411. The van der Waals surface area contributed by atoms with Crippen LogP contribution in [0, 0.1) is 11.2 Å². The Hall–Kier alpha value is -3.04. The third-order valence-corrected chi connectivity index (χ3v) is 6.64. The molecule has 0 fully saturated rings. The second kappa shape index (κ2) is 7.58. The Morgan fingerprint density at radius 1 is 0.839 bits per heavy atom. The van der Waals surface area contributed by atoms with Crippen molar-refractivity contribution in [1.29, 1.82) is 0 Å². The molecule has 0 aliphatic heterocycles. The second-order valence-electron chi connectivity index (χ2n) is 9.26. The number of benzene rings is 3. The zero-order valence-corrected chi connectivity index (χ0v) is 18.8. The Morgan fingerprint density at radius 2 is 1.61 bits per heavy atom. The molecule has 0 N–H and O–H groups in total. The molecule has 31 heavy (non-hydrogen) atoms. The Bertz CT molecular complexity index is 1390. The van der Waals surface area contributed by atoms with Gasteiger partial charge in [-0.15, -0.1) is 11.3 Å². The number of hydrogen-bond acceptors (Lipinski definition) is 2. The zero-order chi connectivity index (χ0) is 21.6. The van der Waals surface area contributed by atoms with E-state index in [-0.39, 0.29) is 11.2 Å². The molecule has 2 heterocycles. The maximum Gasteiger partial charge on any atom is 0.131 e. The van der Waals surface area contributed by atoms with Gasteiger partial charge in [0.25, 0.3) is 0 Å². The van der Waals surface area contributed by atoms with Gasteiger partial charge in [-0.1, -0.05) is 57.2 Å². The third-order valence-electron chi connectivity index (χ3n) is 5.50. The number of aromatic nitrogens is 1. The van der Waals surface area contributed by atoms with Gasteiger partial charge in [-0.05, 0) is 59.4 Å². The Morgan fingerprint density at radius 3 is 2.39 bits per heavy atom. The minimum absolute atomic E-state index is 0.186. The fraction of sp³-hybridized carbons (Fsp3) is 0.179. The number of hydrogen-bond donors (Lipinski definition) is 0. The number of fused-ring (bicyclic) bond motifs is 3. The fourth-order valence-corrected chi connectivity index (χ4v) is 5.34. The van der Waals surface area contributed by atoms with Crippen molar-refractivity contribution in [2.24, 2.45) is 5.41 Å². The summed E-state index contributed by atoms with van der Waals surface area (Å²) in [5.74, 6) is -0.186. The molecule has 0 aliphatic rings. The largest absolute Gasteiger partial charge is 0.256 e. The van der Waals surface area contributed by atoms with Gasteiger partial charge in [0.15, 0.2) is 0 Å². The predicted molar refractivity (Wildman–Crippen MR) is 131 cm³/mol. The standard InChI is InChI=1S/C28H24FNS/c1-28(2,3)17-18-13-14-30-23(15-18)20-9-11-24-21(16-20)27-25(31-24)12-10-22(29)26(27)19-7-5-4-6-8-19/h4-16H,17H2,1-3H3. The molecule has 0 amide bonds. The van der Waals surface area contributed by atoms with Crippen LogP contribution >= 0.6 is 11.3 Å². The molecule has 0 atom stereocenters. The fourth-order valence-electron chi connectivity index (χ4n) is 4.24. The normalized spacial score (nSPS) is 12.0. The third kappa shape index (κ3) is 3.86. The summed E-state index contributed by atoms with van der Waals surface area (Å²) in [6.45, 7) is 6.74. The molecule has 154 valence electrons. The van der Waals surface area contributed by atoms with Crippen LogP contribution in [0.5, 0.6) is 0 Å². The van der Waals surface area contributed by atoms with Gasteiger partial charge < -0.3 is 0 Å². The molecule has 3 heteroatoms. The maximum atomic E-state index is 15.0. The van der Waals surface area contributed by atoms with Gasteiger partial charge in [0.2, 0.25) is 0 Å². The van der Waals surface area contributed by atoms with E-state index >= 15 is 4.39 Å². The molecule has 0 saturated carbocycles. The molecule has 0 saturated heterocycles. The van der Waals surface area contributed by atoms with Gasteiger partial charge >= 0.3 is 0 Å². The predicted octanol–water partition coefficient (Wildman–Crippen LogP) is 8.51. The lowest BCUT2D eigenvalue weighted by atomic mass is 9.88. The highest BCUT2D eigenvalue weighted by Gasteiger charge is 2.17. The molecule has 3 aromatic carbocycles. The monoisotopic (exact) mass is 425 g/mol. The number of nitrogens with zero attached hydrogens (tertiary/aromatic N) is 1. The lowest BCUT2D eigenvalue weighted by Crippen LogP contribution is -2.09. The van der Waals surface area contributed by atoms with E-state index in [0.29, 0.717) is 5.56 Å². The van der Waals surface area contributed by atoms with Gasteiger partial charge in [0.05, 0.1) is 5.69 Å². The van der Waals surface area contributed by atoms with Crippen molar-refractivity contribution in [3.8, 4) is 22.4 Å². The van der Waals surface area contributed by atoms with Crippen LogP contribution in [0.2, 0.25) is 0 Å². The Balaban J connectivity index is 1.71. The average Bonchev–Trinajstić information content (AvgIpc) is 3.11. The summed E-state index contributed by atoms with van der Waals surface area (Å²) in [5.41, 5.74) is 5.10. The second-order valence-corrected chi connectivity index (χ2v) is 10.3. The molecule has 2 aromatic heterocycles. The molecule has 0 bridgehead atoms. The SMILES string of the molecule is CC(C)(C)Cc1ccnc(-c2ccc3sc4ccc(F)c(-c5ccccc5)c4c3c2)c1. The molecule has 0 aliphatic carbocycles. The number of thiophene rings is 1. The van der Waals surface area contributed by atoms with Gasteiger partial charge in [-0.25, -0.2) is 4.39 Å². The molecule has 1 nitrogen and oxygen atoms in total. The van der Waals surface area contributed by atoms with Crippen LogP contribution < -0.4 is 0 Å². The van der Waals surface area contributed by atoms with Crippen LogP contribution in [0.1, 0.15) is 26.3 Å². The van der Waals surface area contributed by atoms with Gasteiger partial charge in [0, 0.05) is 37.5 Å². The van der Waals surface area contributed by atoms with E-state index in [9.17, 15) is 0 Å². The van der Waals surface area contributed by atoms with Crippen molar-refractivity contribution in [1.82, 2.24) is 4.98 Å². The number of pyridine rings is 1. The number of halogens is 1. The first-order valence-electron chi connectivity index (χ1n) is 10.5. The summed E-state index contributed by atoms with van der Waals surface area (Å²) in [4.78, 5) is 4.64. The highest BCUT2D eigenvalue weighted by molar-refractivity contribution is 7.25. The van der Waals surface area contributed by atoms with Crippen molar-refractivity contribution in [3.63, 3.8) is 0 Å². The van der Waals surface area contributed by atoms with E-state index in [0.717, 1.165) is 43.4 Å². The van der Waals surface area contributed by atoms with Crippen LogP contribution in [0.4, 0.5) is 4.39 Å². The average molecular weight is 426 g/mol. The van der Waals surface area contributed by atoms with Crippen molar-refractivity contribution >= 4 is 31.5 Å². The Kier molecular flexibility index (Phi) is 4.86. The quantitative estimate of drug-likeness (QED) is 0.282. The first kappa shape index (κ1) is 19.9. The van der Waals surface area contributed by atoms with Gasteiger partial charge in [0.1, 0.15) is 5.82 Å². The zero-order valence-electron chi connectivity index (χ0n) is 17.9. The van der Waals surface area contributed by atoms with E-state index in [1.165, 1.54) is 5.56 Å². The van der Waals surface area contributed by atoms with Crippen molar-refractivity contribution in [2.75, 3.05) is 0 Å². The van der Waals surface area contributed by atoms with Gasteiger partial charge in [-0.3, -0.25) is 4.98 Å². The molecule has 0 radical (unpaired) electrons. The van der Waals surface area contributed by atoms with Crippen molar-refractivity contribution < 1.29 is 4.39 Å². The summed E-state index contributed by atoms with van der Waals surface area (Å²) in [7, 11) is 0. The molecule has 5 rings (SSSR count). The van der Waals surface area contributed by atoms with Crippen LogP contribution in [-0.2, 0) is 6.42 Å². The smallest absolute Gasteiger partial charge is 0.131 e. The summed E-state index contributed by atoms with van der Waals surface area (Å²) < 4.78 is 17.3. The minimum Gasteiger partial charge on any atom is -0.256 e. The summed E-state index contributed by atoms with van der Waals surface area (Å²) >= 11 is 1.71. The molecular weight excluding hydrogens is 401 g/mol. The molecule has 0 spiro atoms. The van der Waals surface area contributed by atoms with Crippen LogP contribution in [0.15, 0.2) is 79.0 Å². The highest BCUT2D eigenvalue weighted by Crippen LogP contribution is 2.42. The van der Waals surface area contributed by atoms with Crippen molar-refractivity contribution in [3.05, 3.63) is 90.4 Å². The minimum atomic E-state index is -0.186.